The van der Waals surface area contributed by atoms with Gasteiger partial charge in [0.2, 0.25) is 0 Å². The molecule has 6 heteroatoms. The fourth-order valence-corrected chi connectivity index (χ4v) is 3.55. The zero-order valence-electron chi connectivity index (χ0n) is 9.11. The molecule has 2 bridgehead atoms. The van der Waals surface area contributed by atoms with E-state index in [1.165, 1.54) is 0 Å². The van der Waals surface area contributed by atoms with Crippen molar-refractivity contribution in [2.75, 3.05) is 19.8 Å². The summed E-state index contributed by atoms with van der Waals surface area (Å²) in [5.41, 5.74) is 0.120. The standard InChI is InChI=1S/C11H13O5P/c12-10(9-4-2-1-3-5-9)11-6-14-17(13,15-7-11)16-8-11/h1-5,10,12H,6-8H2. The van der Waals surface area contributed by atoms with Gasteiger partial charge in [0.25, 0.3) is 0 Å². The second-order valence-electron chi connectivity index (χ2n) is 4.44. The fourth-order valence-electron chi connectivity index (χ4n) is 2.09. The average molecular weight is 256 g/mol. The van der Waals surface area contributed by atoms with Crippen molar-refractivity contribution in [2.45, 2.75) is 6.10 Å². The van der Waals surface area contributed by atoms with Crippen LogP contribution in [0.2, 0.25) is 0 Å². The molecule has 0 aliphatic carbocycles. The minimum Gasteiger partial charge on any atom is -0.388 e. The average Bonchev–Trinajstić information content (AvgIpc) is 2.40. The molecule has 92 valence electrons. The number of hydrogen-bond donors (Lipinski definition) is 1. The zero-order chi connectivity index (χ0) is 11.9. The van der Waals surface area contributed by atoms with Crippen LogP contribution in [0.4, 0.5) is 0 Å². The summed E-state index contributed by atoms with van der Waals surface area (Å²) in [7, 11) is -3.31. The summed E-state index contributed by atoms with van der Waals surface area (Å²) in [5.74, 6) is 0. The molecule has 1 aromatic carbocycles. The van der Waals surface area contributed by atoms with Crippen molar-refractivity contribution >= 4 is 7.82 Å². The van der Waals surface area contributed by atoms with Crippen LogP contribution >= 0.6 is 7.82 Å². The van der Waals surface area contributed by atoms with Crippen LogP contribution in [-0.4, -0.2) is 24.9 Å². The number of fused-ring (bicyclic) bond motifs is 3. The van der Waals surface area contributed by atoms with Crippen molar-refractivity contribution in [3.63, 3.8) is 0 Å². The quantitative estimate of drug-likeness (QED) is 0.818. The number of aliphatic hydroxyl groups excluding tert-OH is 1. The normalized spacial score (nSPS) is 37.9. The van der Waals surface area contributed by atoms with Crippen LogP contribution in [0.25, 0.3) is 0 Å². The van der Waals surface area contributed by atoms with Gasteiger partial charge in [-0.15, -0.1) is 0 Å². The first-order chi connectivity index (χ1) is 8.14. The molecule has 4 rings (SSSR count). The van der Waals surface area contributed by atoms with Crippen molar-refractivity contribution < 1.29 is 23.2 Å². The van der Waals surface area contributed by atoms with Gasteiger partial charge in [-0.3, -0.25) is 13.6 Å². The molecular formula is C11H13O5P. The topological polar surface area (TPSA) is 65.0 Å². The van der Waals surface area contributed by atoms with Crippen molar-refractivity contribution in [1.29, 1.82) is 0 Å². The molecule has 0 amide bonds. The molecule has 1 aromatic rings. The number of aliphatic hydroxyl groups is 1. The Hall–Kier alpha value is -0.710. The third-order valence-corrected chi connectivity index (χ3v) is 4.56. The molecule has 17 heavy (non-hydrogen) atoms. The Labute approximate surface area is 98.9 Å². The SMILES string of the molecule is O=P12OCC(C(O)c3ccccc3)(CO1)CO2. The van der Waals surface area contributed by atoms with E-state index in [0.29, 0.717) is 0 Å². The maximum Gasteiger partial charge on any atom is 0.474 e. The first-order valence-electron chi connectivity index (χ1n) is 5.40. The number of phosphoric acid groups is 1. The van der Waals surface area contributed by atoms with Crippen LogP contribution < -0.4 is 0 Å². The highest BCUT2D eigenvalue weighted by molar-refractivity contribution is 7.48. The van der Waals surface area contributed by atoms with Crippen LogP contribution in [-0.2, 0) is 18.1 Å². The summed E-state index contributed by atoms with van der Waals surface area (Å²) < 4.78 is 26.8. The molecule has 3 saturated heterocycles. The highest BCUT2D eigenvalue weighted by Crippen LogP contribution is 2.62. The summed E-state index contributed by atoms with van der Waals surface area (Å²) >= 11 is 0. The maximum atomic E-state index is 11.6. The second-order valence-corrected chi connectivity index (χ2v) is 6.11. The summed E-state index contributed by atoms with van der Waals surface area (Å²) in [4.78, 5) is 0. The molecule has 0 radical (unpaired) electrons. The van der Waals surface area contributed by atoms with Gasteiger partial charge < -0.3 is 5.11 Å². The molecule has 1 atom stereocenters. The van der Waals surface area contributed by atoms with E-state index in [1.807, 2.05) is 30.3 Å². The maximum absolute atomic E-state index is 11.6. The summed E-state index contributed by atoms with van der Waals surface area (Å²) in [6, 6.07) is 9.26. The van der Waals surface area contributed by atoms with E-state index >= 15 is 0 Å². The molecule has 1 N–H and O–H groups in total. The van der Waals surface area contributed by atoms with Gasteiger partial charge in [-0.2, -0.15) is 0 Å². The first kappa shape index (κ1) is 11.4. The Morgan fingerprint density at radius 2 is 1.65 bits per heavy atom. The highest BCUT2D eigenvalue weighted by Gasteiger charge is 2.54. The molecule has 3 aliphatic heterocycles. The molecule has 5 nitrogen and oxygen atoms in total. The predicted molar refractivity (Wildman–Crippen MR) is 59.3 cm³/mol. The van der Waals surface area contributed by atoms with E-state index in [0.717, 1.165) is 5.56 Å². The second kappa shape index (κ2) is 3.90. The summed E-state index contributed by atoms with van der Waals surface area (Å²) in [6.07, 6.45) is -0.752. The van der Waals surface area contributed by atoms with Gasteiger partial charge in [0, 0.05) is 0 Å². The molecule has 3 fully saturated rings. The van der Waals surface area contributed by atoms with Gasteiger partial charge >= 0.3 is 7.82 Å². The third-order valence-electron chi connectivity index (χ3n) is 3.23. The molecule has 3 aliphatic rings. The van der Waals surface area contributed by atoms with Crippen LogP contribution in [0.5, 0.6) is 0 Å². The van der Waals surface area contributed by atoms with Gasteiger partial charge in [0.05, 0.1) is 31.3 Å². The van der Waals surface area contributed by atoms with E-state index in [4.69, 9.17) is 13.6 Å². The number of benzene rings is 1. The van der Waals surface area contributed by atoms with Gasteiger partial charge in [0.1, 0.15) is 0 Å². The summed E-state index contributed by atoms with van der Waals surface area (Å²) in [6.45, 7) is 0.584. The highest BCUT2D eigenvalue weighted by atomic mass is 31.2. The lowest BCUT2D eigenvalue weighted by Gasteiger charge is -2.46. The lowest BCUT2D eigenvalue weighted by atomic mass is 9.81. The largest absolute Gasteiger partial charge is 0.474 e. The Morgan fingerprint density at radius 1 is 1.12 bits per heavy atom. The van der Waals surface area contributed by atoms with Crippen molar-refractivity contribution in [3.8, 4) is 0 Å². The minimum atomic E-state index is -3.31. The van der Waals surface area contributed by atoms with Gasteiger partial charge in [-0.05, 0) is 5.56 Å². The number of rotatable bonds is 2. The Balaban J connectivity index is 1.87. The Morgan fingerprint density at radius 3 is 2.18 bits per heavy atom. The molecule has 1 unspecified atom stereocenters. The smallest absolute Gasteiger partial charge is 0.388 e. The lowest BCUT2D eigenvalue weighted by molar-refractivity contribution is -0.148. The van der Waals surface area contributed by atoms with E-state index in [9.17, 15) is 9.67 Å². The van der Waals surface area contributed by atoms with Gasteiger partial charge in [-0.1, -0.05) is 30.3 Å². The molecule has 3 heterocycles. The fraction of sp³-hybridized carbons (Fsp3) is 0.455. The van der Waals surface area contributed by atoms with Crippen LogP contribution in [0.3, 0.4) is 0 Å². The zero-order valence-corrected chi connectivity index (χ0v) is 10.0. The van der Waals surface area contributed by atoms with E-state index < -0.39 is 19.3 Å². The van der Waals surface area contributed by atoms with Crippen LogP contribution in [0, 0.1) is 5.41 Å². The van der Waals surface area contributed by atoms with Crippen LogP contribution in [0.15, 0.2) is 30.3 Å². The lowest BCUT2D eigenvalue weighted by Crippen LogP contribution is -2.48. The molecular weight excluding hydrogens is 243 g/mol. The third kappa shape index (κ3) is 1.84. The van der Waals surface area contributed by atoms with E-state index in [-0.39, 0.29) is 19.8 Å². The van der Waals surface area contributed by atoms with Crippen molar-refractivity contribution in [2.24, 2.45) is 5.41 Å². The molecule has 0 saturated carbocycles. The molecule has 0 spiro atoms. The van der Waals surface area contributed by atoms with Gasteiger partial charge in [0.15, 0.2) is 0 Å². The number of hydrogen-bond acceptors (Lipinski definition) is 5. The van der Waals surface area contributed by atoms with Crippen molar-refractivity contribution in [3.05, 3.63) is 35.9 Å². The van der Waals surface area contributed by atoms with Crippen molar-refractivity contribution in [1.82, 2.24) is 0 Å². The minimum absolute atomic E-state index is 0.195. The molecule has 0 aromatic heterocycles. The number of phosphoric ester groups is 1. The first-order valence-corrected chi connectivity index (χ1v) is 6.86. The van der Waals surface area contributed by atoms with E-state index in [1.54, 1.807) is 0 Å². The van der Waals surface area contributed by atoms with Crippen LogP contribution in [0.1, 0.15) is 11.7 Å². The predicted octanol–water partition coefficient (Wildman–Crippen LogP) is 1.89. The van der Waals surface area contributed by atoms with Gasteiger partial charge in [-0.25, -0.2) is 4.57 Å². The summed E-state index contributed by atoms with van der Waals surface area (Å²) in [5, 5.41) is 10.4. The van der Waals surface area contributed by atoms with E-state index in [2.05, 4.69) is 0 Å². The monoisotopic (exact) mass is 256 g/mol. The Kier molecular flexibility index (Phi) is 2.61. The Bertz CT molecular complexity index is 429.